The third-order valence-corrected chi connectivity index (χ3v) is 2.33. The van der Waals surface area contributed by atoms with E-state index in [0.717, 1.165) is 5.01 Å². The van der Waals surface area contributed by atoms with Gasteiger partial charge in [-0.15, -0.1) is 0 Å². The molecule has 0 aromatic rings. The highest BCUT2D eigenvalue weighted by atomic mass is 16.7. The second kappa shape index (κ2) is 5.01. The van der Waals surface area contributed by atoms with Crippen LogP contribution in [0.25, 0.3) is 0 Å². The predicted molar refractivity (Wildman–Crippen MR) is 52.9 cm³/mol. The molecule has 17 heavy (non-hydrogen) atoms. The van der Waals surface area contributed by atoms with Crippen LogP contribution in [0, 0.1) is 20.2 Å². The van der Waals surface area contributed by atoms with Crippen LogP contribution in [0.2, 0.25) is 0 Å². The molecule has 10 nitrogen and oxygen atoms in total. The Labute approximate surface area is 95.8 Å². The lowest BCUT2D eigenvalue weighted by Gasteiger charge is -2.13. The Morgan fingerprint density at radius 3 is 2.47 bits per heavy atom. The summed E-state index contributed by atoms with van der Waals surface area (Å²) in [4.78, 5) is 30.6. The summed E-state index contributed by atoms with van der Waals surface area (Å²) >= 11 is 0. The van der Waals surface area contributed by atoms with E-state index in [9.17, 15) is 25.0 Å². The first-order chi connectivity index (χ1) is 7.92. The number of carbonyl (C=O) groups excluding carboxylic acids is 1. The number of esters is 1. The smallest absolute Gasteiger partial charge is 0.465 e. The second-order valence-corrected chi connectivity index (χ2v) is 3.49. The first-order valence-electron chi connectivity index (χ1n) is 4.85. The molecule has 0 spiro atoms. The number of rotatable bonds is 5. The van der Waals surface area contributed by atoms with E-state index >= 15 is 0 Å². The van der Waals surface area contributed by atoms with Crippen LogP contribution in [-0.4, -0.2) is 52.7 Å². The number of nitrogens with one attached hydrogen (secondary N) is 1. The monoisotopic (exact) mass is 248 g/mol. The van der Waals surface area contributed by atoms with Gasteiger partial charge >= 0.3 is 11.6 Å². The minimum atomic E-state index is -2.30. The van der Waals surface area contributed by atoms with Gasteiger partial charge in [0.15, 0.2) is 13.1 Å². The van der Waals surface area contributed by atoms with E-state index in [2.05, 4.69) is 10.2 Å². The highest BCUT2D eigenvalue weighted by Crippen LogP contribution is 2.17. The molecule has 0 radical (unpaired) electrons. The zero-order valence-corrected chi connectivity index (χ0v) is 9.12. The summed E-state index contributed by atoms with van der Waals surface area (Å²) in [6.07, 6.45) is 0. The van der Waals surface area contributed by atoms with Crippen molar-refractivity contribution in [2.45, 2.75) is 12.6 Å². The fraction of sp³-hybridized carbons (Fsp3) is 0.857. The fourth-order valence-corrected chi connectivity index (χ4v) is 1.44. The largest absolute Gasteiger partial charge is 0.485 e. The van der Waals surface area contributed by atoms with Crippen LogP contribution in [0.15, 0.2) is 0 Å². The summed E-state index contributed by atoms with van der Waals surface area (Å²) in [5.41, 5.74) is 0.150. The molecule has 10 heteroatoms. The van der Waals surface area contributed by atoms with Gasteiger partial charge in [-0.2, -0.15) is 0 Å². The van der Waals surface area contributed by atoms with Gasteiger partial charge in [0.05, 0.1) is 6.61 Å². The standard InChI is InChI=1S/C7H12N4O6/c1-2-17-6(12)3-9-5-7(4-8-9,10(13)14)11(15)16/h8H,2-5H2,1H3. The molecule has 0 aliphatic carbocycles. The highest BCUT2D eigenvalue weighted by molar-refractivity contribution is 5.71. The average molecular weight is 248 g/mol. The molecule has 1 aliphatic heterocycles. The Kier molecular flexibility index (Phi) is 3.91. The maximum absolute atomic E-state index is 11.1. The van der Waals surface area contributed by atoms with Crippen LogP contribution in [0.5, 0.6) is 0 Å². The van der Waals surface area contributed by atoms with Crippen LogP contribution in [-0.2, 0) is 9.53 Å². The Morgan fingerprint density at radius 1 is 1.47 bits per heavy atom. The summed E-state index contributed by atoms with van der Waals surface area (Å²) in [5.74, 6) is -0.595. The van der Waals surface area contributed by atoms with E-state index in [0.29, 0.717) is 0 Å². The molecule has 0 aromatic heterocycles. The molecule has 1 heterocycles. The summed E-state index contributed by atoms with van der Waals surface area (Å²) in [5, 5.41) is 22.5. The maximum Gasteiger partial charge on any atom is 0.485 e. The van der Waals surface area contributed by atoms with Crippen molar-refractivity contribution in [1.82, 2.24) is 10.4 Å². The van der Waals surface area contributed by atoms with Gasteiger partial charge in [-0.1, -0.05) is 0 Å². The van der Waals surface area contributed by atoms with Crippen molar-refractivity contribution in [2.24, 2.45) is 0 Å². The first kappa shape index (κ1) is 13.3. The number of hydrogen-bond acceptors (Lipinski definition) is 8. The van der Waals surface area contributed by atoms with E-state index in [1.807, 2.05) is 0 Å². The van der Waals surface area contributed by atoms with E-state index < -0.39 is 34.6 Å². The van der Waals surface area contributed by atoms with Crippen molar-refractivity contribution in [2.75, 3.05) is 26.2 Å². The molecule has 0 amide bonds. The van der Waals surface area contributed by atoms with Crippen molar-refractivity contribution in [3.05, 3.63) is 20.2 Å². The summed E-state index contributed by atoms with van der Waals surface area (Å²) < 4.78 is 4.63. The second-order valence-electron chi connectivity index (χ2n) is 3.49. The van der Waals surface area contributed by atoms with Crippen molar-refractivity contribution in [1.29, 1.82) is 0 Å². The van der Waals surface area contributed by atoms with Crippen LogP contribution < -0.4 is 5.43 Å². The predicted octanol–water partition coefficient (Wildman–Crippen LogP) is -1.38. The quantitative estimate of drug-likeness (QED) is 0.273. The molecule has 1 saturated heterocycles. The lowest BCUT2D eigenvalue weighted by molar-refractivity contribution is -0.788. The van der Waals surface area contributed by atoms with E-state index in [1.165, 1.54) is 0 Å². The minimum Gasteiger partial charge on any atom is -0.465 e. The zero-order valence-electron chi connectivity index (χ0n) is 9.12. The Morgan fingerprint density at radius 2 is 2.06 bits per heavy atom. The molecule has 1 fully saturated rings. The fourth-order valence-electron chi connectivity index (χ4n) is 1.44. The molecule has 1 N–H and O–H groups in total. The Bertz CT molecular complexity index is 331. The van der Waals surface area contributed by atoms with Gasteiger partial charge < -0.3 is 4.74 Å². The molecule has 0 aromatic carbocycles. The molecule has 1 rings (SSSR count). The van der Waals surface area contributed by atoms with Crippen LogP contribution in [0.1, 0.15) is 6.92 Å². The van der Waals surface area contributed by atoms with Crippen LogP contribution in [0.3, 0.4) is 0 Å². The number of carbonyl (C=O) groups is 1. The van der Waals surface area contributed by atoms with Gasteiger partial charge in [0, 0.05) is 0 Å². The van der Waals surface area contributed by atoms with Gasteiger partial charge in [-0.05, 0) is 6.92 Å². The molecule has 96 valence electrons. The summed E-state index contributed by atoms with van der Waals surface area (Å²) in [7, 11) is 0. The highest BCUT2D eigenvalue weighted by Gasteiger charge is 2.61. The summed E-state index contributed by atoms with van der Waals surface area (Å²) in [6, 6.07) is 0. The van der Waals surface area contributed by atoms with E-state index in [-0.39, 0.29) is 13.2 Å². The van der Waals surface area contributed by atoms with E-state index in [4.69, 9.17) is 0 Å². The SMILES string of the molecule is CCOC(=O)CN1CC([N+](=O)[O-])([N+](=O)[O-])CN1. The molecular weight excluding hydrogens is 236 g/mol. The van der Waals surface area contributed by atoms with Crippen molar-refractivity contribution in [3.8, 4) is 0 Å². The van der Waals surface area contributed by atoms with E-state index in [1.54, 1.807) is 6.92 Å². The minimum absolute atomic E-state index is 0.183. The van der Waals surface area contributed by atoms with Crippen molar-refractivity contribution < 1.29 is 19.4 Å². The van der Waals surface area contributed by atoms with Gasteiger partial charge in [-0.25, -0.2) is 10.4 Å². The lowest BCUT2D eigenvalue weighted by Crippen LogP contribution is -2.51. The van der Waals surface area contributed by atoms with Gasteiger partial charge in [0.2, 0.25) is 0 Å². The Hall–Kier alpha value is -1.81. The number of hydrogen-bond donors (Lipinski definition) is 1. The van der Waals surface area contributed by atoms with Gasteiger partial charge in [0.1, 0.15) is 16.4 Å². The first-order valence-corrected chi connectivity index (χ1v) is 4.85. The molecule has 0 bridgehead atoms. The van der Waals surface area contributed by atoms with Crippen molar-refractivity contribution >= 4 is 5.97 Å². The van der Waals surface area contributed by atoms with Gasteiger partial charge in [-0.3, -0.25) is 25.0 Å². The van der Waals surface area contributed by atoms with Crippen LogP contribution >= 0.6 is 0 Å². The maximum atomic E-state index is 11.1. The third-order valence-electron chi connectivity index (χ3n) is 2.33. The average Bonchev–Trinajstić information content (AvgIpc) is 2.63. The Balaban J connectivity index is 2.64. The number of ether oxygens (including phenoxy) is 1. The van der Waals surface area contributed by atoms with Crippen LogP contribution in [0.4, 0.5) is 0 Å². The molecule has 1 aliphatic rings. The summed E-state index contributed by atoms with van der Waals surface area (Å²) in [6.45, 7) is 0.603. The normalized spacial score (nSPS) is 18.9. The molecular formula is C7H12N4O6. The number of nitrogens with zero attached hydrogens (tertiary/aromatic N) is 3. The molecule has 0 unspecified atom stereocenters. The zero-order chi connectivity index (χ0) is 13.1. The topological polar surface area (TPSA) is 128 Å². The molecule has 0 atom stereocenters. The molecule has 0 saturated carbocycles. The van der Waals surface area contributed by atoms with Gasteiger partial charge in [0.25, 0.3) is 0 Å². The number of nitro groups is 2. The lowest BCUT2D eigenvalue weighted by atomic mass is 10.2. The third kappa shape index (κ3) is 2.65. The van der Waals surface area contributed by atoms with Crippen molar-refractivity contribution in [3.63, 3.8) is 0 Å². The number of hydrazine groups is 1.